The molecule has 3 rings (SSSR count). The van der Waals surface area contributed by atoms with Crippen molar-refractivity contribution in [2.45, 2.75) is 26.9 Å². The van der Waals surface area contributed by atoms with Crippen molar-refractivity contribution in [1.29, 1.82) is 0 Å². The van der Waals surface area contributed by atoms with E-state index in [1.54, 1.807) is 12.5 Å². The lowest BCUT2D eigenvalue weighted by Gasteiger charge is -2.10. The maximum absolute atomic E-state index is 5.58. The fourth-order valence-corrected chi connectivity index (χ4v) is 2.46. The molecule has 2 aromatic heterocycles. The van der Waals surface area contributed by atoms with Gasteiger partial charge < -0.3 is 15.1 Å². The van der Waals surface area contributed by atoms with Crippen LogP contribution in [0.5, 0.6) is 0 Å². The van der Waals surface area contributed by atoms with Crippen molar-refractivity contribution >= 4 is 29.9 Å². The molecule has 2 N–H and O–H groups in total. The van der Waals surface area contributed by atoms with Crippen molar-refractivity contribution in [2.24, 2.45) is 12.0 Å². The zero-order chi connectivity index (χ0) is 18.4. The molecule has 8 heteroatoms. The van der Waals surface area contributed by atoms with E-state index in [1.165, 1.54) is 5.56 Å². The van der Waals surface area contributed by atoms with Crippen LogP contribution in [0.4, 0.5) is 0 Å². The Bertz CT molecular complexity index is 868. The molecule has 0 aliphatic carbocycles. The second-order valence-electron chi connectivity index (χ2n) is 6.00. The van der Waals surface area contributed by atoms with Gasteiger partial charge in [0, 0.05) is 25.4 Å². The third-order valence-corrected chi connectivity index (χ3v) is 3.95. The van der Waals surface area contributed by atoms with Gasteiger partial charge in [0.15, 0.2) is 5.96 Å². The number of oxazole rings is 1. The molecule has 0 bridgehead atoms. The number of rotatable bonds is 6. The Morgan fingerprint density at radius 3 is 2.63 bits per heavy atom. The van der Waals surface area contributed by atoms with Crippen molar-refractivity contribution in [3.8, 4) is 11.5 Å². The molecule has 0 spiro atoms. The fraction of sp³-hybridized carbons (Fsp3) is 0.316. The van der Waals surface area contributed by atoms with Crippen LogP contribution in [0.1, 0.15) is 23.9 Å². The molecular formula is C19H25IN6O. The Morgan fingerprint density at radius 2 is 1.96 bits per heavy atom. The van der Waals surface area contributed by atoms with Gasteiger partial charge in [-0.3, -0.25) is 4.68 Å². The first kappa shape index (κ1) is 20.9. The lowest BCUT2D eigenvalue weighted by atomic mass is 10.1. The number of aliphatic imine (C=N–C) groups is 1. The van der Waals surface area contributed by atoms with E-state index in [0.29, 0.717) is 19.0 Å². The van der Waals surface area contributed by atoms with Crippen molar-refractivity contribution in [2.75, 3.05) is 6.54 Å². The van der Waals surface area contributed by atoms with E-state index >= 15 is 0 Å². The molecule has 0 unspecified atom stereocenters. The lowest BCUT2D eigenvalue weighted by molar-refractivity contribution is 0.572. The predicted octanol–water partition coefficient (Wildman–Crippen LogP) is 3.26. The van der Waals surface area contributed by atoms with Crippen LogP contribution in [-0.2, 0) is 20.1 Å². The van der Waals surface area contributed by atoms with Crippen molar-refractivity contribution in [1.82, 2.24) is 25.4 Å². The summed E-state index contributed by atoms with van der Waals surface area (Å²) in [5, 5.41) is 10.7. The molecule has 0 saturated heterocycles. The van der Waals surface area contributed by atoms with Crippen LogP contribution in [-0.4, -0.2) is 27.3 Å². The molecule has 0 aliphatic heterocycles. The molecule has 2 heterocycles. The van der Waals surface area contributed by atoms with Crippen LogP contribution in [0.25, 0.3) is 11.5 Å². The summed E-state index contributed by atoms with van der Waals surface area (Å²) in [5.41, 5.74) is 4.05. The van der Waals surface area contributed by atoms with Crippen LogP contribution >= 0.6 is 24.0 Å². The number of halogens is 1. The number of guanidine groups is 1. The number of hydrogen-bond acceptors (Lipinski definition) is 4. The second kappa shape index (κ2) is 10.1. The first-order valence-corrected chi connectivity index (χ1v) is 8.66. The molecule has 1 aromatic carbocycles. The smallest absolute Gasteiger partial charge is 0.226 e. The summed E-state index contributed by atoms with van der Waals surface area (Å²) >= 11 is 0. The second-order valence-corrected chi connectivity index (χ2v) is 6.00. The number of hydrogen-bond donors (Lipinski definition) is 2. The van der Waals surface area contributed by atoms with Crippen LogP contribution in [0.15, 0.2) is 52.2 Å². The molecule has 0 aliphatic rings. The monoisotopic (exact) mass is 480 g/mol. The van der Waals surface area contributed by atoms with Gasteiger partial charge in [-0.15, -0.1) is 24.0 Å². The molecule has 0 saturated carbocycles. The van der Waals surface area contributed by atoms with E-state index in [9.17, 15) is 0 Å². The summed E-state index contributed by atoms with van der Waals surface area (Å²) in [7, 11) is 1.92. The number of aromatic nitrogens is 3. The van der Waals surface area contributed by atoms with Gasteiger partial charge in [0.25, 0.3) is 0 Å². The minimum absolute atomic E-state index is 0. The van der Waals surface area contributed by atoms with E-state index in [2.05, 4.69) is 32.6 Å². The highest BCUT2D eigenvalue weighted by molar-refractivity contribution is 14.0. The Hall–Kier alpha value is -2.36. The van der Waals surface area contributed by atoms with Gasteiger partial charge in [0.2, 0.25) is 5.89 Å². The number of nitrogens with one attached hydrogen (secondary N) is 2. The molecule has 144 valence electrons. The largest absolute Gasteiger partial charge is 0.444 e. The normalized spacial score (nSPS) is 11.1. The molecule has 0 amide bonds. The highest BCUT2D eigenvalue weighted by Crippen LogP contribution is 2.19. The first-order valence-electron chi connectivity index (χ1n) is 8.66. The highest BCUT2D eigenvalue weighted by atomic mass is 127. The minimum atomic E-state index is 0. The highest BCUT2D eigenvalue weighted by Gasteiger charge is 2.07. The Labute approximate surface area is 176 Å². The topological polar surface area (TPSA) is 80.3 Å². The van der Waals surface area contributed by atoms with Crippen LogP contribution in [0.3, 0.4) is 0 Å². The first-order chi connectivity index (χ1) is 12.7. The summed E-state index contributed by atoms with van der Waals surface area (Å²) in [4.78, 5) is 9.10. The molecule has 0 fully saturated rings. The van der Waals surface area contributed by atoms with Crippen molar-refractivity contribution in [3.05, 3.63) is 59.7 Å². The van der Waals surface area contributed by atoms with Gasteiger partial charge in [-0.25, -0.2) is 9.98 Å². The van der Waals surface area contributed by atoms with Gasteiger partial charge in [-0.1, -0.05) is 17.7 Å². The van der Waals surface area contributed by atoms with Crippen LogP contribution in [0.2, 0.25) is 0 Å². The molecular weight excluding hydrogens is 455 g/mol. The quantitative estimate of drug-likeness (QED) is 0.322. The van der Waals surface area contributed by atoms with Gasteiger partial charge in [-0.2, -0.15) is 5.10 Å². The van der Waals surface area contributed by atoms with Gasteiger partial charge in [-0.05, 0) is 32.0 Å². The van der Waals surface area contributed by atoms with Gasteiger partial charge in [0.05, 0.1) is 18.8 Å². The molecule has 0 radical (unpaired) electrons. The molecule has 27 heavy (non-hydrogen) atoms. The minimum Gasteiger partial charge on any atom is -0.444 e. The zero-order valence-electron chi connectivity index (χ0n) is 15.8. The van der Waals surface area contributed by atoms with Crippen molar-refractivity contribution < 1.29 is 4.42 Å². The molecule has 0 atom stereocenters. The van der Waals surface area contributed by atoms with Crippen LogP contribution < -0.4 is 10.6 Å². The van der Waals surface area contributed by atoms with Gasteiger partial charge in [0.1, 0.15) is 12.0 Å². The predicted molar refractivity (Wildman–Crippen MR) is 117 cm³/mol. The Balaban J connectivity index is 0.00000261. The third-order valence-electron chi connectivity index (χ3n) is 3.95. The van der Waals surface area contributed by atoms with E-state index < -0.39 is 0 Å². The van der Waals surface area contributed by atoms with Gasteiger partial charge >= 0.3 is 0 Å². The summed E-state index contributed by atoms with van der Waals surface area (Å²) in [6.45, 7) is 5.96. The number of benzene rings is 1. The maximum Gasteiger partial charge on any atom is 0.226 e. The third kappa shape index (κ3) is 5.81. The van der Waals surface area contributed by atoms with E-state index in [-0.39, 0.29) is 24.0 Å². The average Bonchev–Trinajstić information content (AvgIpc) is 3.27. The summed E-state index contributed by atoms with van der Waals surface area (Å²) in [6.07, 6.45) is 3.44. The summed E-state index contributed by atoms with van der Waals surface area (Å²) < 4.78 is 7.42. The SMILES string of the molecule is CCNC(=NCc1coc(-c2ccc(C)cc2)n1)NCc1ccnn1C.I. The average molecular weight is 480 g/mol. The van der Waals surface area contributed by atoms with E-state index in [0.717, 1.165) is 29.5 Å². The van der Waals surface area contributed by atoms with Crippen LogP contribution in [0, 0.1) is 6.92 Å². The van der Waals surface area contributed by atoms with Crippen molar-refractivity contribution in [3.63, 3.8) is 0 Å². The van der Waals surface area contributed by atoms with E-state index in [1.807, 2.05) is 49.0 Å². The Morgan fingerprint density at radius 1 is 1.19 bits per heavy atom. The standard InChI is InChI=1S/C19H24N6O.HI/c1-4-20-19(22-12-17-9-10-23-25(17)3)21-11-16-13-26-18(24-16)15-7-5-14(2)6-8-15;/h5-10,13H,4,11-12H2,1-3H3,(H2,20,21,22);1H. The Kier molecular flexibility index (Phi) is 7.83. The number of aryl methyl sites for hydroxylation is 2. The lowest BCUT2D eigenvalue weighted by Crippen LogP contribution is -2.37. The number of nitrogens with zero attached hydrogens (tertiary/aromatic N) is 4. The molecule has 3 aromatic rings. The zero-order valence-corrected chi connectivity index (χ0v) is 18.1. The molecule has 7 nitrogen and oxygen atoms in total. The van der Waals surface area contributed by atoms with E-state index in [4.69, 9.17) is 4.42 Å². The summed E-state index contributed by atoms with van der Waals surface area (Å²) in [6, 6.07) is 10.1. The maximum atomic E-state index is 5.58. The summed E-state index contributed by atoms with van der Waals surface area (Å²) in [5.74, 6) is 1.34. The fourth-order valence-electron chi connectivity index (χ4n) is 2.46.